The first-order valence-corrected chi connectivity index (χ1v) is 9.83. The highest BCUT2D eigenvalue weighted by atomic mass is 35.5. The minimum absolute atomic E-state index is 0.00249. The average molecular weight is 438 g/mol. The quantitative estimate of drug-likeness (QED) is 0.478. The molecule has 0 saturated heterocycles. The van der Waals surface area contributed by atoms with E-state index in [2.05, 4.69) is 15.0 Å². The third kappa shape index (κ3) is 4.15. The van der Waals surface area contributed by atoms with Crippen molar-refractivity contribution in [2.24, 2.45) is 0 Å². The zero-order valence-electron chi connectivity index (χ0n) is 17.0. The van der Waals surface area contributed by atoms with Crippen LogP contribution in [0.25, 0.3) is 6.08 Å². The molecule has 158 valence electrons. The molecule has 0 unspecified atom stereocenters. The fraction of sp³-hybridized carbons (Fsp3) is 0.182. The van der Waals surface area contributed by atoms with Gasteiger partial charge in [0.2, 0.25) is 5.95 Å². The number of hydrogen-bond acceptors (Lipinski definition) is 8. The summed E-state index contributed by atoms with van der Waals surface area (Å²) in [7, 11) is 3.11. The van der Waals surface area contributed by atoms with Crippen molar-refractivity contribution in [2.75, 3.05) is 31.4 Å². The lowest BCUT2D eigenvalue weighted by molar-refractivity contribution is 0.103. The Labute approximate surface area is 184 Å². The van der Waals surface area contributed by atoms with Crippen molar-refractivity contribution < 1.29 is 14.3 Å². The zero-order chi connectivity index (χ0) is 22.0. The van der Waals surface area contributed by atoms with Crippen LogP contribution < -0.4 is 20.1 Å². The molecular formula is C22H20ClN5O3. The molecule has 1 aromatic carbocycles. The highest BCUT2D eigenvalue weighted by molar-refractivity contribution is 6.35. The van der Waals surface area contributed by atoms with E-state index in [9.17, 15) is 4.79 Å². The first-order chi connectivity index (χ1) is 15.0. The van der Waals surface area contributed by atoms with Crippen LogP contribution in [0.3, 0.4) is 0 Å². The van der Waals surface area contributed by atoms with Crippen LogP contribution >= 0.6 is 11.6 Å². The van der Waals surface area contributed by atoms with Gasteiger partial charge >= 0.3 is 0 Å². The fourth-order valence-corrected chi connectivity index (χ4v) is 3.68. The van der Waals surface area contributed by atoms with Crippen LogP contribution in [0.1, 0.15) is 21.6 Å². The van der Waals surface area contributed by atoms with Gasteiger partial charge in [-0.15, -0.1) is 0 Å². The summed E-state index contributed by atoms with van der Waals surface area (Å²) < 4.78 is 10.6. The van der Waals surface area contributed by atoms with Crippen molar-refractivity contribution in [1.29, 1.82) is 0 Å². The van der Waals surface area contributed by atoms with Gasteiger partial charge < -0.3 is 20.1 Å². The molecule has 2 N–H and O–H groups in total. The minimum atomic E-state index is -0.222. The maximum atomic E-state index is 13.2. The van der Waals surface area contributed by atoms with E-state index in [0.29, 0.717) is 41.7 Å². The topological polar surface area (TPSA) is 103 Å². The Morgan fingerprint density at radius 2 is 1.90 bits per heavy atom. The van der Waals surface area contributed by atoms with Crippen molar-refractivity contribution in [3.8, 4) is 11.5 Å². The standard InChI is InChI=1S/C22H20ClN5O3/c1-30-16-9-15(25-10-17(16)31-2)12-28-11-14(8-13-6-4-3-5-7-13)19(29)18-20(23)26-22(24)27-21(18)28/h3-10H,11-12H2,1-2H3,(H2,24,26,27). The molecule has 2 aromatic heterocycles. The number of benzene rings is 1. The smallest absolute Gasteiger partial charge is 0.223 e. The summed E-state index contributed by atoms with van der Waals surface area (Å²) in [6.45, 7) is 0.656. The number of methoxy groups -OCH3 is 2. The summed E-state index contributed by atoms with van der Waals surface area (Å²) >= 11 is 6.31. The molecular weight excluding hydrogens is 418 g/mol. The Morgan fingerprint density at radius 3 is 2.61 bits per heavy atom. The van der Waals surface area contributed by atoms with Gasteiger partial charge in [-0.2, -0.15) is 4.98 Å². The lowest BCUT2D eigenvalue weighted by Crippen LogP contribution is -2.35. The lowest BCUT2D eigenvalue weighted by Gasteiger charge is -2.31. The van der Waals surface area contributed by atoms with Crippen molar-refractivity contribution in [3.63, 3.8) is 0 Å². The molecule has 0 aliphatic carbocycles. The zero-order valence-corrected chi connectivity index (χ0v) is 17.8. The van der Waals surface area contributed by atoms with E-state index in [1.807, 2.05) is 41.3 Å². The number of nitrogen functional groups attached to an aromatic ring is 1. The van der Waals surface area contributed by atoms with Crippen LogP contribution in [-0.4, -0.2) is 41.5 Å². The van der Waals surface area contributed by atoms with E-state index in [-0.39, 0.29) is 22.4 Å². The lowest BCUT2D eigenvalue weighted by atomic mass is 9.97. The summed E-state index contributed by atoms with van der Waals surface area (Å²) in [5, 5.41) is 0.0245. The van der Waals surface area contributed by atoms with E-state index in [4.69, 9.17) is 26.8 Å². The number of carbonyl (C=O) groups is 1. The number of pyridine rings is 1. The number of carbonyl (C=O) groups excluding carboxylic acids is 1. The predicted molar refractivity (Wildman–Crippen MR) is 119 cm³/mol. The molecule has 1 aliphatic rings. The largest absolute Gasteiger partial charge is 0.493 e. The molecule has 3 aromatic rings. The molecule has 0 amide bonds. The monoisotopic (exact) mass is 437 g/mol. The number of aromatic nitrogens is 3. The second-order valence-electron chi connectivity index (χ2n) is 6.87. The number of nitrogens with zero attached hydrogens (tertiary/aromatic N) is 4. The van der Waals surface area contributed by atoms with Gasteiger partial charge in [0.15, 0.2) is 17.3 Å². The van der Waals surface area contributed by atoms with E-state index < -0.39 is 0 Å². The van der Waals surface area contributed by atoms with Gasteiger partial charge in [0.05, 0.1) is 32.7 Å². The molecule has 4 rings (SSSR count). The number of rotatable bonds is 5. The van der Waals surface area contributed by atoms with Crippen molar-refractivity contribution in [2.45, 2.75) is 6.54 Å². The maximum absolute atomic E-state index is 13.2. The highest BCUT2D eigenvalue weighted by Gasteiger charge is 2.32. The third-order valence-electron chi connectivity index (χ3n) is 4.86. The number of anilines is 2. The molecule has 3 heterocycles. The van der Waals surface area contributed by atoms with Crippen LogP contribution in [-0.2, 0) is 6.54 Å². The maximum Gasteiger partial charge on any atom is 0.223 e. The molecule has 31 heavy (non-hydrogen) atoms. The Bertz CT molecular complexity index is 1170. The van der Waals surface area contributed by atoms with Gasteiger partial charge in [-0.1, -0.05) is 41.9 Å². The van der Waals surface area contributed by atoms with Crippen LogP contribution in [0.4, 0.5) is 11.8 Å². The van der Waals surface area contributed by atoms with Gasteiger partial charge in [-0.3, -0.25) is 9.78 Å². The summed E-state index contributed by atoms with van der Waals surface area (Å²) in [6.07, 6.45) is 3.43. The van der Waals surface area contributed by atoms with Crippen LogP contribution in [0.15, 0.2) is 48.2 Å². The van der Waals surface area contributed by atoms with Crippen LogP contribution in [0.5, 0.6) is 11.5 Å². The van der Waals surface area contributed by atoms with Crippen molar-refractivity contribution in [3.05, 3.63) is 70.1 Å². The van der Waals surface area contributed by atoms with Crippen molar-refractivity contribution >= 4 is 35.2 Å². The molecule has 9 heteroatoms. The number of ketones is 1. The normalized spacial score (nSPS) is 14.5. The Balaban J connectivity index is 1.77. The van der Waals surface area contributed by atoms with Gasteiger partial charge in [-0.25, -0.2) is 4.98 Å². The van der Waals surface area contributed by atoms with Gasteiger partial charge in [-0.05, 0) is 11.6 Å². The van der Waals surface area contributed by atoms with Crippen molar-refractivity contribution in [1.82, 2.24) is 15.0 Å². The molecule has 0 bridgehead atoms. The van der Waals surface area contributed by atoms with Gasteiger partial charge in [0.25, 0.3) is 0 Å². The summed E-state index contributed by atoms with van der Waals surface area (Å²) in [5.74, 6) is 1.24. The Kier molecular flexibility index (Phi) is 5.73. The summed E-state index contributed by atoms with van der Waals surface area (Å²) in [5.41, 5.74) is 8.21. The minimum Gasteiger partial charge on any atom is -0.493 e. The summed E-state index contributed by atoms with van der Waals surface area (Å²) in [4.78, 5) is 27.8. The van der Waals surface area contributed by atoms with Crippen LogP contribution in [0.2, 0.25) is 5.15 Å². The number of Topliss-reactive ketones (excluding diaryl/α,β-unsaturated/α-hetero) is 1. The van der Waals surface area contributed by atoms with E-state index in [1.165, 1.54) is 0 Å². The number of fused-ring (bicyclic) bond motifs is 1. The first-order valence-electron chi connectivity index (χ1n) is 9.45. The second kappa shape index (κ2) is 8.61. The SMILES string of the molecule is COc1cnc(CN2CC(=Cc3ccccc3)C(=O)c3c(Cl)nc(N)nc32)cc1OC. The highest BCUT2D eigenvalue weighted by Crippen LogP contribution is 2.35. The predicted octanol–water partition coefficient (Wildman–Crippen LogP) is 3.41. The summed E-state index contributed by atoms with van der Waals surface area (Å²) in [6, 6.07) is 11.4. The fourth-order valence-electron chi connectivity index (χ4n) is 3.43. The van der Waals surface area contributed by atoms with E-state index in [0.717, 1.165) is 5.56 Å². The second-order valence-corrected chi connectivity index (χ2v) is 7.23. The van der Waals surface area contributed by atoms with Gasteiger partial charge in [0.1, 0.15) is 16.5 Å². The number of halogens is 1. The molecule has 1 aliphatic heterocycles. The first kappa shape index (κ1) is 20.6. The average Bonchev–Trinajstić information content (AvgIpc) is 2.77. The molecule has 0 fully saturated rings. The van der Waals surface area contributed by atoms with Crippen LogP contribution in [0, 0.1) is 0 Å². The molecule has 0 saturated carbocycles. The molecule has 0 spiro atoms. The van der Waals surface area contributed by atoms with E-state index in [1.54, 1.807) is 26.5 Å². The molecule has 8 nitrogen and oxygen atoms in total. The Hall–Kier alpha value is -3.65. The molecule has 0 radical (unpaired) electrons. The Morgan fingerprint density at radius 1 is 1.16 bits per heavy atom. The third-order valence-corrected chi connectivity index (χ3v) is 5.14. The van der Waals surface area contributed by atoms with E-state index >= 15 is 0 Å². The number of nitrogens with two attached hydrogens (primary N) is 1. The number of ether oxygens (including phenoxy) is 2. The molecule has 0 atom stereocenters. The van der Waals surface area contributed by atoms with Gasteiger partial charge in [0, 0.05) is 18.2 Å². The number of hydrogen-bond donors (Lipinski definition) is 1.